The fourth-order valence-electron chi connectivity index (χ4n) is 3.12. The third-order valence-electron chi connectivity index (χ3n) is 4.15. The van der Waals surface area contributed by atoms with Crippen LogP contribution in [-0.4, -0.2) is 15.8 Å². The van der Waals surface area contributed by atoms with Gasteiger partial charge in [0, 0.05) is 28.3 Å². The molecule has 0 aliphatic carbocycles. The molecular weight excluding hydrogens is 252 g/mol. The van der Waals surface area contributed by atoms with Crippen LogP contribution in [0.25, 0.3) is 0 Å². The normalized spacial score (nSPS) is 21.8. The molecular formula is C16H16N2O2. The molecule has 4 rings (SSSR count). The summed E-state index contributed by atoms with van der Waals surface area (Å²) in [5.41, 5.74) is 4.04. The van der Waals surface area contributed by atoms with Crippen LogP contribution in [-0.2, 0) is 0 Å². The number of benzene rings is 1. The third-order valence-corrected chi connectivity index (χ3v) is 4.15. The van der Waals surface area contributed by atoms with Gasteiger partial charge in [-0.1, -0.05) is 18.2 Å². The number of aryl methyl sites for hydroxylation is 1. The van der Waals surface area contributed by atoms with E-state index in [1.165, 1.54) is 5.56 Å². The summed E-state index contributed by atoms with van der Waals surface area (Å²) in [6, 6.07) is 8.15. The monoisotopic (exact) mass is 268 g/mol. The van der Waals surface area contributed by atoms with Crippen LogP contribution in [0.4, 0.5) is 0 Å². The highest BCUT2D eigenvalue weighted by molar-refractivity contribution is 5.57. The maximum absolute atomic E-state index is 6.03. The second-order valence-corrected chi connectivity index (χ2v) is 5.84. The predicted octanol–water partition coefficient (Wildman–Crippen LogP) is 3.30. The summed E-state index contributed by atoms with van der Waals surface area (Å²) in [6.07, 6.45) is 1.84. The Hall–Kier alpha value is -2.23. The number of nitrogens with one attached hydrogen (secondary N) is 1. The second-order valence-electron chi connectivity index (χ2n) is 5.84. The van der Waals surface area contributed by atoms with Gasteiger partial charge in [-0.3, -0.25) is 5.10 Å². The highest BCUT2D eigenvalue weighted by atomic mass is 16.5. The van der Waals surface area contributed by atoms with Crippen molar-refractivity contribution in [3.8, 4) is 11.6 Å². The number of hydrogen-bond acceptors (Lipinski definition) is 3. The molecule has 1 aromatic carbocycles. The molecule has 0 unspecified atom stereocenters. The maximum atomic E-state index is 6.03. The van der Waals surface area contributed by atoms with E-state index in [4.69, 9.17) is 9.47 Å². The minimum absolute atomic E-state index is 0.150. The highest BCUT2D eigenvalue weighted by Crippen LogP contribution is 2.51. The molecule has 3 heterocycles. The lowest BCUT2D eigenvalue weighted by Crippen LogP contribution is -2.39. The Morgan fingerprint density at radius 2 is 2.05 bits per heavy atom. The molecule has 1 atom stereocenters. The Labute approximate surface area is 117 Å². The minimum Gasteiger partial charge on any atom is -0.466 e. The van der Waals surface area contributed by atoms with Gasteiger partial charge in [-0.05, 0) is 26.8 Å². The molecule has 20 heavy (non-hydrogen) atoms. The summed E-state index contributed by atoms with van der Waals surface area (Å²) in [5.74, 6) is 1.76. The van der Waals surface area contributed by atoms with Crippen molar-refractivity contribution in [1.29, 1.82) is 0 Å². The summed E-state index contributed by atoms with van der Waals surface area (Å²) in [5, 5.41) is 7.34. The van der Waals surface area contributed by atoms with Crippen LogP contribution in [0.1, 0.15) is 36.6 Å². The largest absolute Gasteiger partial charge is 0.466 e. The first-order valence-corrected chi connectivity index (χ1v) is 6.78. The van der Waals surface area contributed by atoms with Gasteiger partial charge in [0.2, 0.25) is 5.88 Å². The molecule has 4 heteroatoms. The molecule has 0 fully saturated rings. The van der Waals surface area contributed by atoms with Gasteiger partial charge in [0.05, 0.1) is 6.26 Å². The smallest absolute Gasteiger partial charge is 0.237 e. The van der Waals surface area contributed by atoms with E-state index >= 15 is 0 Å². The number of hydrogen-bond donors (Lipinski definition) is 1. The van der Waals surface area contributed by atoms with Gasteiger partial charge in [-0.15, -0.1) is 5.10 Å². The molecule has 2 aromatic rings. The third kappa shape index (κ3) is 1.39. The summed E-state index contributed by atoms with van der Waals surface area (Å²) in [6.45, 7) is 6.13. The number of aromatic amines is 1. The molecule has 1 aromatic heterocycles. The van der Waals surface area contributed by atoms with Crippen LogP contribution in [0.3, 0.4) is 0 Å². The maximum Gasteiger partial charge on any atom is 0.237 e. The first-order chi connectivity index (χ1) is 9.58. The molecule has 2 aliphatic rings. The van der Waals surface area contributed by atoms with Crippen LogP contribution in [0.15, 0.2) is 36.1 Å². The van der Waals surface area contributed by atoms with E-state index in [0.717, 1.165) is 22.6 Å². The van der Waals surface area contributed by atoms with Crippen molar-refractivity contribution in [2.24, 2.45) is 0 Å². The zero-order valence-corrected chi connectivity index (χ0v) is 11.7. The fourth-order valence-corrected chi connectivity index (χ4v) is 3.12. The molecule has 0 radical (unpaired) electrons. The van der Waals surface area contributed by atoms with Crippen molar-refractivity contribution in [3.63, 3.8) is 0 Å². The number of para-hydroxylation sites is 1. The lowest BCUT2D eigenvalue weighted by Gasteiger charge is -2.40. The second kappa shape index (κ2) is 3.66. The van der Waals surface area contributed by atoms with Gasteiger partial charge in [0.15, 0.2) is 0 Å². The van der Waals surface area contributed by atoms with Gasteiger partial charge < -0.3 is 9.47 Å². The Morgan fingerprint density at radius 1 is 1.25 bits per heavy atom. The van der Waals surface area contributed by atoms with Crippen LogP contribution >= 0.6 is 0 Å². The number of ether oxygens (including phenoxy) is 2. The standard InChI is InChI=1S/C16H16N2O2/c1-9-13-14-10-6-4-5-7-12(10)19-8-11(14)16(2,3)20-15(13)18-17-9/h4-8,14H,1-3H3,(H,17,18)/t14-/m1/s1. The van der Waals surface area contributed by atoms with E-state index in [9.17, 15) is 0 Å². The molecule has 2 aliphatic heterocycles. The van der Waals surface area contributed by atoms with Gasteiger partial charge in [-0.2, -0.15) is 0 Å². The molecule has 0 saturated heterocycles. The zero-order valence-electron chi connectivity index (χ0n) is 11.7. The molecule has 0 spiro atoms. The molecule has 0 bridgehead atoms. The average molecular weight is 268 g/mol. The van der Waals surface area contributed by atoms with Crippen molar-refractivity contribution < 1.29 is 9.47 Å². The quantitative estimate of drug-likeness (QED) is 0.797. The predicted molar refractivity (Wildman–Crippen MR) is 75.0 cm³/mol. The van der Waals surface area contributed by atoms with E-state index in [-0.39, 0.29) is 5.92 Å². The van der Waals surface area contributed by atoms with E-state index < -0.39 is 5.60 Å². The topological polar surface area (TPSA) is 47.1 Å². The van der Waals surface area contributed by atoms with E-state index in [0.29, 0.717) is 5.88 Å². The first kappa shape index (κ1) is 11.6. The first-order valence-electron chi connectivity index (χ1n) is 6.78. The lowest BCUT2D eigenvalue weighted by molar-refractivity contribution is 0.117. The Balaban J connectivity index is 2.02. The summed E-state index contributed by atoms with van der Waals surface area (Å²) >= 11 is 0. The lowest BCUT2D eigenvalue weighted by atomic mass is 9.75. The molecule has 102 valence electrons. The summed E-state index contributed by atoms with van der Waals surface area (Å²) in [4.78, 5) is 0. The molecule has 0 amide bonds. The van der Waals surface area contributed by atoms with Crippen molar-refractivity contribution in [2.75, 3.05) is 0 Å². The van der Waals surface area contributed by atoms with E-state index in [2.05, 4.69) is 30.1 Å². The Kier molecular flexibility index (Phi) is 2.12. The van der Waals surface area contributed by atoms with Gasteiger partial charge in [0.25, 0.3) is 0 Å². The van der Waals surface area contributed by atoms with Crippen LogP contribution < -0.4 is 9.47 Å². The van der Waals surface area contributed by atoms with Gasteiger partial charge >= 0.3 is 0 Å². The van der Waals surface area contributed by atoms with Gasteiger partial charge in [-0.25, -0.2) is 0 Å². The van der Waals surface area contributed by atoms with Crippen LogP contribution in [0.5, 0.6) is 11.6 Å². The average Bonchev–Trinajstić information content (AvgIpc) is 2.78. The van der Waals surface area contributed by atoms with E-state index in [1.54, 1.807) is 0 Å². The molecule has 0 saturated carbocycles. The number of nitrogens with zero attached hydrogens (tertiary/aromatic N) is 1. The summed E-state index contributed by atoms with van der Waals surface area (Å²) in [7, 11) is 0. The fraction of sp³-hybridized carbons (Fsp3) is 0.312. The SMILES string of the molecule is Cc1[nH]nc2c1[C@H]1C(=COc3ccccc31)C(C)(C)O2. The van der Waals surface area contributed by atoms with E-state index in [1.807, 2.05) is 31.4 Å². The molecule has 4 nitrogen and oxygen atoms in total. The highest BCUT2D eigenvalue weighted by Gasteiger charge is 2.44. The van der Waals surface area contributed by atoms with Crippen LogP contribution in [0.2, 0.25) is 0 Å². The summed E-state index contributed by atoms with van der Waals surface area (Å²) < 4.78 is 11.8. The Bertz CT molecular complexity index is 728. The Morgan fingerprint density at radius 3 is 2.90 bits per heavy atom. The zero-order chi connectivity index (χ0) is 13.9. The van der Waals surface area contributed by atoms with Crippen LogP contribution in [0, 0.1) is 6.92 Å². The van der Waals surface area contributed by atoms with Crippen molar-refractivity contribution in [3.05, 3.63) is 52.9 Å². The van der Waals surface area contributed by atoms with Crippen molar-refractivity contribution in [1.82, 2.24) is 10.2 Å². The minimum atomic E-state index is -0.424. The molecule has 1 N–H and O–H groups in total. The van der Waals surface area contributed by atoms with Crippen molar-refractivity contribution in [2.45, 2.75) is 32.3 Å². The van der Waals surface area contributed by atoms with Gasteiger partial charge in [0.1, 0.15) is 11.4 Å². The number of rotatable bonds is 0. The number of aromatic nitrogens is 2. The van der Waals surface area contributed by atoms with Crippen molar-refractivity contribution >= 4 is 0 Å². The number of fused-ring (bicyclic) bond motifs is 5. The number of H-pyrrole nitrogens is 1.